The molecule has 1 nitrogen and oxygen atoms in total. The molecule has 0 saturated carbocycles. The number of alkyl halides is 1. The molecule has 1 aliphatic rings. The monoisotopic (exact) mass is 185 g/mol. The lowest BCUT2D eigenvalue weighted by Gasteiger charge is -2.24. The highest BCUT2D eigenvalue weighted by molar-refractivity contribution is 9.09. The minimum absolute atomic E-state index is 0. The van der Waals surface area contributed by atoms with Crippen LogP contribution in [0, 0.1) is 5.92 Å². The molecule has 1 N–H and O–H groups in total. The van der Waals surface area contributed by atoms with Crippen molar-refractivity contribution in [3.05, 3.63) is 0 Å². The first-order valence-corrected chi connectivity index (χ1v) is 3.32. The summed E-state index contributed by atoms with van der Waals surface area (Å²) in [5, 5.41) is 4.35. The van der Waals surface area contributed by atoms with Gasteiger partial charge in [0.25, 0.3) is 0 Å². The van der Waals surface area contributed by atoms with Crippen molar-refractivity contribution < 1.29 is 0 Å². The van der Waals surface area contributed by atoms with E-state index in [4.69, 9.17) is 0 Å². The summed E-state index contributed by atoms with van der Waals surface area (Å²) in [5.41, 5.74) is 0. The third-order valence-corrected chi connectivity index (χ3v) is 2.00. The number of hydrogen-bond acceptors (Lipinski definition) is 1. The Hall–Kier alpha value is 0.730. The molecule has 0 atom stereocenters. The van der Waals surface area contributed by atoms with Crippen LogP contribution in [0.4, 0.5) is 0 Å². The largest absolute Gasteiger partial charge is 0.316 e. The number of rotatable bonds is 1. The number of nitrogens with one attached hydrogen (secondary N) is 1. The van der Waals surface area contributed by atoms with Crippen LogP contribution in [0.1, 0.15) is 0 Å². The third-order valence-electron chi connectivity index (χ3n) is 1.08. The summed E-state index contributed by atoms with van der Waals surface area (Å²) >= 11 is 3.39. The molecule has 0 radical (unpaired) electrons. The van der Waals surface area contributed by atoms with Crippen molar-refractivity contribution in [1.29, 1.82) is 0 Å². The molecule has 0 aromatic heterocycles. The molecule has 0 aromatic rings. The van der Waals surface area contributed by atoms with Crippen LogP contribution in [0.5, 0.6) is 0 Å². The Labute approximate surface area is 58.4 Å². The Kier molecular flexibility index (Phi) is 4.08. The SMILES string of the molecule is BrCC1CNC1.Cl. The molecule has 0 bridgehead atoms. The highest BCUT2D eigenvalue weighted by atomic mass is 79.9. The van der Waals surface area contributed by atoms with Crippen molar-refractivity contribution in [2.75, 3.05) is 18.4 Å². The molecular formula is C4H9BrClN. The molecule has 7 heavy (non-hydrogen) atoms. The Morgan fingerprint density at radius 2 is 2.14 bits per heavy atom. The number of halogens is 2. The Bertz CT molecular complexity index is 44.2. The van der Waals surface area contributed by atoms with Gasteiger partial charge in [-0.25, -0.2) is 0 Å². The third kappa shape index (κ3) is 1.98. The van der Waals surface area contributed by atoms with Gasteiger partial charge >= 0.3 is 0 Å². The van der Waals surface area contributed by atoms with Crippen molar-refractivity contribution in [1.82, 2.24) is 5.32 Å². The van der Waals surface area contributed by atoms with E-state index in [1.807, 2.05) is 0 Å². The first kappa shape index (κ1) is 7.73. The topological polar surface area (TPSA) is 12.0 Å². The van der Waals surface area contributed by atoms with Crippen LogP contribution in [-0.4, -0.2) is 18.4 Å². The average Bonchev–Trinajstić information content (AvgIpc) is 1.31. The van der Waals surface area contributed by atoms with E-state index in [-0.39, 0.29) is 12.4 Å². The highest BCUT2D eigenvalue weighted by Crippen LogP contribution is 2.04. The van der Waals surface area contributed by atoms with Crippen LogP contribution in [0.15, 0.2) is 0 Å². The van der Waals surface area contributed by atoms with Gasteiger partial charge in [-0.15, -0.1) is 12.4 Å². The second-order valence-electron chi connectivity index (χ2n) is 1.68. The molecule has 44 valence electrons. The lowest BCUT2D eigenvalue weighted by atomic mass is 10.1. The molecule has 0 aromatic carbocycles. The molecule has 1 aliphatic heterocycles. The van der Waals surface area contributed by atoms with Gasteiger partial charge in [0.05, 0.1) is 0 Å². The Morgan fingerprint density at radius 3 is 2.14 bits per heavy atom. The zero-order chi connectivity index (χ0) is 4.41. The van der Waals surface area contributed by atoms with E-state index in [1.54, 1.807) is 0 Å². The molecule has 3 heteroatoms. The van der Waals surface area contributed by atoms with Gasteiger partial charge in [-0.1, -0.05) is 15.9 Å². The van der Waals surface area contributed by atoms with E-state index in [0.717, 1.165) is 5.92 Å². The fourth-order valence-corrected chi connectivity index (χ4v) is 0.915. The molecular weight excluding hydrogens is 177 g/mol. The maximum Gasteiger partial charge on any atom is 0.00839 e. The average molecular weight is 186 g/mol. The van der Waals surface area contributed by atoms with Crippen molar-refractivity contribution in [3.8, 4) is 0 Å². The van der Waals surface area contributed by atoms with Crippen LogP contribution in [0.3, 0.4) is 0 Å². The van der Waals surface area contributed by atoms with Gasteiger partial charge in [0, 0.05) is 5.33 Å². The molecule has 0 unspecified atom stereocenters. The molecule has 1 saturated heterocycles. The van der Waals surface area contributed by atoms with Crippen molar-refractivity contribution in [2.45, 2.75) is 0 Å². The summed E-state index contributed by atoms with van der Waals surface area (Å²) in [5.74, 6) is 0.921. The van der Waals surface area contributed by atoms with E-state index in [0.29, 0.717) is 0 Å². The summed E-state index contributed by atoms with van der Waals surface area (Å²) in [6.07, 6.45) is 0. The van der Waals surface area contributed by atoms with Gasteiger partial charge in [-0.3, -0.25) is 0 Å². The predicted octanol–water partition coefficient (Wildman–Crippen LogP) is 1.02. The maximum absolute atomic E-state index is 3.39. The van der Waals surface area contributed by atoms with Crippen molar-refractivity contribution in [2.24, 2.45) is 5.92 Å². The van der Waals surface area contributed by atoms with E-state index >= 15 is 0 Å². The summed E-state index contributed by atoms with van der Waals surface area (Å²) in [4.78, 5) is 0. The maximum atomic E-state index is 3.39. The molecule has 0 spiro atoms. The quantitative estimate of drug-likeness (QED) is 0.603. The molecule has 0 amide bonds. The van der Waals surface area contributed by atoms with Crippen molar-refractivity contribution >= 4 is 28.3 Å². The van der Waals surface area contributed by atoms with E-state index < -0.39 is 0 Å². The second-order valence-corrected chi connectivity index (χ2v) is 2.33. The summed E-state index contributed by atoms with van der Waals surface area (Å²) in [7, 11) is 0. The fraction of sp³-hybridized carbons (Fsp3) is 1.00. The molecule has 1 rings (SSSR count). The van der Waals surface area contributed by atoms with Gasteiger partial charge < -0.3 is 5.32 Å². The van der Waals surface area contributed by atoms with Crippen LogP contribution < -0.4 is 5.32 Å². The Morgan fingerprint density at radius 1 is 1.57 bits per heavy atom. The first-order chi connectivity index (χ1) is 2.93. The summed E-state index contributed by atoms with van der Waals surface area (Å²) in [6, 6.07) is 0. The van der Waals surface area contributed by atoms with Crippen LogP contribution in [0.25, 0.3) is 0 Å². The minimum atomic E-state index is 0. The van der Waals surface area contributed by atoms with Gasteiger partial charge in [-0.05, 0) is 19.0 Å². The lowest BCUT2D eigenvalue weighted by molar-refractivity contribution is 0.387. The minimum Gasteiger partial charge on any atom is -0.316 e. The molecule has 1 fully saturated rings. The highest BCUT2D eigenvalue weighted by Gasteiger charge is 2.13. The molecule has 0 aliphatic carbocycles. The second kappa shape index (κ2) is 3.70. The zero-order valence-electron chi connectivity index (χ0n) is 3.98. The molecule has 1 heterocycles. The predicted molar refractivity (Wildman–Crippen MR) is 37.4 cm³/mol. The summed E-state index contributed by atoms with van der Waals surface area (Å²) in [6.45, 7) is 2.43. The van der Waals surface area contributed by atoms with E-state index in [2.05, 4.69) is 21.2 Å². The first-order valence-electron chi connectivity index (χ1n) is 2.20. The van der Waals surface area contributed by atoms with Crippen LogP contribution >= 0.6 is 28.3 Å². The van der Waals surface area contributed by atoms with Crippen LogP contribution in [-0.2, 0) is 0 Å². The van der Waals surface area contributed by atoms with Gasteiger partial charge in [0.15, 0.2) is 0 Å². The van der Waals surface area contributed by atoms with Gasteiger partial charge in [0.2, 0.25) is 0 Å². The Balaban J connectivity index is 0.000000360. The van der Waals surface area contributed by atoms with Gasteiger partial charge in [-0.2, -0.15) is 0 Å². The fourth-order valence-electron chi connectivity index (χ4n) is 0.458. The van der Waals surface area contributed by atoms with Crippen molar-refractivity contribution in [3.63, 3.8) is 0 Å². The number of hydrogen-bond donors (Lipinski definition) is 1. The van der Waals surface area contributed by atoms with Gasteiger partial charge in [0.1, 0.15) is 0 Å². The lowest BCUT2D eigenvalue weighted by Crippen LogP contribution is -2.42. The standard InChI is InChI=1S/C4H8BrN.ClH/c5-1-4-2-6-3-4;/h4,6H,1-3H2;1H. The zero-order valence-corrected chi connectivity index (χ0v) is 6.39. The van der Waals surface area contributed by atoms with E-state index in [9.17, 15) is 0 Å². The van der Waals surface area contributed by atoms with E-state index in [1.165, 1.54) is 18.4 Å². The smallest absolute Gasteiger partial charge is 0.00839 e. The van der Waals surface area contributed by atoms with Crippen LogP contribution in [0.2, 0.25) is 0 Å². The normalized spacial score (nSPS) is 20.1. The summed E-state index contributed by atoms with van der Waals surface area (Å²) < 4.78 is 0.